The maximum atomic E-state index is 13.0. The Morgan fingerprint density at radius 1 is 0.971 bits per heavy atom. The molecular formula is C24H18ClN3O6. The van der Waals surface area contributed by atoms with Crippen molar-refractivity contribution < 1.29 is 24.0 Å². The van der Waals surface area contributed by atoms with E-state index in [-0.39, 0.29) is 22.0 Å². The van der Waals surface area contributed by atoms with Crippen LogP contribution < -0.4 is 15.4 Å². The molecule has 0 fully saturated rings. The van der Waals surface area contributed by atoms with Crippen LogP contribution in [0, 0.1) is 10.1 Å². The molecule has 0 atom stereocenters. The zero-order valence-electron chi connectivity index (χ0n) is 17.8. The number of halogens is 1. The smallest absolute Gasteiger partial charge is 0.308 e. The van der Waals surface area contributed by atoms with Crippen LogP contribution in [0.3, 0.4) is 0 Å². The summed E-state index contributed by atoms with van der Waals surface area (Å²) in [5, 5.41) is 16.2. The van der Waals surface area contributed by atoms with Crippen LogP contribution in [0.25, 0.3) is 6.08 Å². The van der Waals surface area contributed by atoms with Gasteiger partial charge in [0, 0.05) is 24.7 Å². The molecular weight excluding hydrogens is 462 g/mol. The third kappa shape index (κ3) is 6.50. The first-order valence-corrected chi connectivity index (χ1v) is 10.2. The van der Waals surface area contributed by atoms with Gasteiger partial charge in [0.25, 0.3) is 17.5 Å². The molecule has 2 amide bonds. The second-order valence-corrected chi connectivity index (χ2v) is 7.32. The molecule has 0 unspecified atom stereocenters. The highest BCUT2D eigenvalue weighted by molar-refractivity contribution is 6.34. The van der Waals surface area contributed by atoms with Gasteiger partial charge in [-0.3, -0.25) is 24.5 Å². The predicted molar refractivity (Wildman–Crippen MR) is 126 cm³/mol. The Hall–Kier alpha value is -4.50. The third-order valence-corrected chi connectivity index (χ3v) is 4.73. The van der Waals surface area contributed by atoms with Gasteiger partial charge in [0.2, 0.25) is 0 Å². The number of nitrogens with one attached hydrogen (secondary N) is 2. The molecule has 3 aromatic carbocycles. The molecule has 3 rings (SSSR count). The molecule has 0 aliphatic heterocycles. The van der Waals surface area contributed by atoms with Gasteiger partial charge in [-0.15, -0.1) is 0 Å². The quantitative estimate of drug-likeness (QED) is 0.168. The number of esters is 1. The van der Waals surface area contributed by atoms with Crippen molar-refractivity contribution in [1.82, 2.24) is 5.32 Å². The number of hydrogen-bond donors (Lipinski definition) is 2. The van der Waals surface area contributed by atoms with Crippen molar-refractivity contribution in [2.75, 3.05) is 5.32 Å². The number of ether oxygens (including phenoxy) is 1. The number of carbonyl (C=O) groups is 3. The molecule has 172 valence electrons. The summed E-state index contributed by atoms with van der Waals surface area (Å²) < 4.78 is 4.99. The van der Waals surface area contributed by atoms with E-state index in [1.54, 1.807) is 30.3 Å². The maximum absolute atomic E-state index is 13.0. The number of benzene rings is 3. The van der Waals surface area contributed by atoms with E-state index in [4.69, 9.17) is 16.3 Å². The Morgan fingerprint density at radius 2 is 1.62 bits per heavy atom. The van der Waals surface area contributed by atoms with Gasteiger partial charge in [0.1, 0.15) is 11.4 Å². The first kappa shape index (κ1) is 24.1. The van der Waals surface area contributed by atoms with Gasteiger partial charge in [0.15, 0.2) is 0 Å². The lowest BCUT2D eigenvalue weighted by atomic mass is 10.1. The number of amides is 2. The van der Waals surface area contributed by atoms with E-state index in [9.17, 15) is 24.5 Å². The van der Waals surface area contributed by atoms with Crippen molar-refractivity contribution in [3.8, 4) is 5.75 Å². The van der Waals surface area contributed by atoms with E-state index in [0.29, 0.717) is 17.0 Å². The van der Waals surface area contributed by atoms with Gasteiger partial charge in [-0.1, -0.05) is 35.9 Å². The minimum absolute atomic E-state index is 0.108. The molecule has 0 saturated carbocycles. The molecule has 3 aromatic rings. The van der Waals surface area contributed by atoms with Crippen LogP contribution in [-0.4, -0.2) is 22.7 Å². The second-order valence-electron chi connectivity index (χ2n) is 6.91. The normalized spacial score (nSPS) is 10.8. The van der Waals surface area contributed by atoms with Crippen molar-refractivity contribution in [2.24, 2.45) is 0 Å². The molecule has 0 radical (unpaired) electrons. The summed E-state index contributed by atoms with van der Waals surface area (Å²) in [6, 6.07) is 17.9. The third-order valence-electron chi connectivity index (χ3n) is 4.40. The standard InChI is InChI=1S/C24H18ClN3O6/c1-15(29)34-19-12-6-16(7-13-19)14-22(27-23(30)20-4-2-3-5-21(20)25)24(31)26-17-8-10-18(11-9-17)28(32)33/h2-14H,1H3,(H,26,31)(H,27,30). The Bertz CT molecular complexity index is 1270. The number of nitro benzene ring substituents is 1. The van der Waals surface area contributed by atoms with Crippen molar-refractivity contribution >= 4 is 46.8 Å². The van der Waals surface area contributed by atoms with Gasteiger partial charge in [-0.05, 0) is 48.0 Å². The van der Waals surface area contributed by atoms with Crippen LogP contribution in [0.5, 0.6) is 5.75 Å². The lowest BCUT2D eigenvalue weighted by Gasteiger charge is -2.12. The average Bonchev–Trinajstić information content (AvgIpc) is 2.80. The fraction of sp³-hybridized carbons (Fsp3) is 0.0417. The van der Waals surface area contributed by atoms with E-state index in [0.717, 1.165) is 0 Å². The molecule has 0 aliphatic carbocycles. The predicted octanol–water partition coefficient (Wildman–Crippen LogP) is 4.58. The monoisotopic (exact) mass is 479 g/mol. The summed E-state index contributed by atoms with van der Waals surface area (Å²) in [6.07, 6.45) is 1.42. The van der Waals surface area contributed by atoms with E-state index in [2.05, 4.69) is 10.6 Å². The largest absolute Gasteiger partial charge is 0.427 e. The van der Waals surface area contributed by atoms with Crippen molar-refractivity contribution in [3.05, 3.63) is 105 Å². The number of rotatable bonds is 7. The molecule has 2 N–H and O–H groups in total. The molecule has 0 aliphatic rings. The minimum Gasteiger partial charge on any atom is -0.427 e. The first-order chi connectivity index (χ1) is 16.2. The van der Waals surface area contributed by atoms with E-state index < -0.39 is 22.7 Å². The maximum Gasteiger partial charge on any atom is 0.308 e. The number of nitro groups is 1. The van der Waals surface area contributed by atoms with E-state index in [1.807, 2.05) is 0 Å². The highest BCUT2D eigenvalue weighted by atomic mass is 35.5. The van der Waals surface area contributed by atoms with Crippen LogP contribution in [0.1, 0.15) is 22.8 Å². The summed E-state index contributed by atoms with van der Waals surface area (Å²) >= 11 is 6.09. The Kier molecular flexibility index (Phi) is 7.73. The Balaban J connectivity index is 1.88. The van der Waals surface area contributed by atoms with Crippen LogP contribution >= 0.6 is 11.6 Å². The zero-order valence-corrected chi connectivity index (χ0v) is 18.5. The first-order valence-electron chi connectivity index (χ1n) is 9.85. The lowest BCUT2D eigenvalue weighted by Crippen LogP contribution is -2.30. The number of hydrogen-bond acceptors (Lipinski definition) is 6. The van der Waals surface area contributed by atoms with E-state index >= 15 is 0 Å². The number of anilines is 1. The van der Waals surface area contributed by atoms with Crippen LogP contribution in [0.4, 0.5) is 11.4 Å². The minimum atomic E-state index is -0.668. The number of carbonyl (C=O) groups excluding carboxylic acids is 3. The van der Waals surface area contributed by atoms with E-state index in [1.165, 1.54) is 55.5 Å². The highest BCUT2D eigenvalue weighted by Gasteiger charge is 2.17. The summed E-state index contributed by atoms with van der Waals surface area (Å²) in [5.41, 5.74) is 0.753. The number of nitrogens with zero attached hydrogens (tertiary/aromatic N) is 1. The fourth-order valence-corrected chi connectivity index (χ4v) is 3.04. The average molecular weight is 480 g/mol. The van der Waals surface area contributed by atoms with Crippen molar-refractivity contribution in [2.45, 2.75) is 6.92 Å². The highest BCUT2D eigenvalue weighted by Crippen LogP contribution is 2.19. The number of non-ortho nitro benzene ring substituents is 1. The van der Waals surface area contributed by atoms with Gasteiger partial charge in [-0.25, -0.2) is 0 Å². The molecule has 0 bridgehead atoms. The molecule has 0 aromatic heterocycles. The zero-order chi connectivity index (χ0) is 24.7. The Morgan fingerprint density at radius 3 is 2.21 bits per heavy atom. The summed E-state index contributed by atoms with van der Waals surface area (Å²) in [6.45, 7) is 1.28. The second kappa shape index (κ2) is 10.9. The lowest BCUT2D eigenvalue weighted by molar-refractivity contribution is -0.384. The SMILES string of the molecule is CC(=O)Oc1ccc(C=C(NC(=O)c2ccccc2Cl)C(=O)Nc2ccc([N+](=O)[O-])cc2)cc1. The molecule has 0 heterocycles. The molecule has 34 heavy (non-hydrogen) atoms. The topological polar surface area (TPSA) is 128 Å². The fourth-order valence-electron chi connectivity index (χ4n) is 2.82. The summed E-state index contributed by atoms with van der Waals surface area (Å²) in [5.74, 6) is -1.43. The molecule has 10 heteroatoms. The summed E-state index contributed by atoms with van der Waals surface area (Å²) in [7, 11) is 0. The molecule has 0 saturated heterocycles. The van der Waals surface area contributed by atoms with Gasteiger partial charge in [-0.2, -0.15) is 0 Å². The van der Waals surface area contributed by atoms with Gasteiger partial charge < -0.3 is 15.4 Å². The van der Waals surface area contributed by atoms with Gasteiger partial charge in [0.05, 0.1) is 15.5 Å². The summed E-state index contributed by atoms with van der Waals surface area (Å²) in [4.78, 5) is 47.1. The van der Waals surface area contributed by atoms with Crippen molar-refractivity contribution in [3.63, 3.8) is 0 Å². The van der Waals surface area contributed by atoms with Crippen molar-refractivity contribution in [1.29, 1.82) is 0 Å². The molecule has 9 nitrogen and oxygen atoms in total. The van der Waals surface area contributed by atoms with Gasteiger partial charge >= 0.3 is 5.97 Å². The van der Waals surface area contributed by atoms with Crippen LogP contribution in [0.15, 0.2) is 78.5 Å². The van der Waals surface area contributed by atoms with Crippen LogP contribution in [-0.2, 0) is 9.59 Å². The molecule has 0 spiro atoms. The Labute approximate surface area is 199 Å². The van der Waals surface area contributed by atoms with Crippen LogP contribution in [0.2, 0.25) is 5.02 Å².